The number of nitrogens with two attached hydrogens (primary N) is 1. The normalized spacial score (nSPS) is 14.7. The molecule has 0 aliphatic carbocycles. The molecule has 0 spiro atoms. The van der Waals surface area contributed by atoms with Gasteiger partial charge >= 0.3 is 0 Å². The molecule has 1 aliphatic rings. The summed E-state index contributed by atoms with van der Waals surface area (Å²) in [7, 11) is 0. The number of unbranched alkanes of at least 4 members (excludes halogenated alkanes) is 13. The van der Waals surface area contributed by atoms with Crippen molar-refractivity contribution in [3.8, 4) is 0 Å². The summed E-state index contributed by atoms with van der Waals surface area (Å²) in [4.78, 5) is 34.9. The van der Waals surface area contributed by atoms with Crippen LogP contribution >= 0.6 is 0 Å². The van der Waals surface area contributed by atoms with Gasteiger partial charge in [-0.15, -0.1) is 0 Å². The number of piperidine rings is 1. The van der Waals surface area contributed by atoms with Crippen molar-refractivity contribution in [3.63, 3.8) is 0 Å². The van der Waals surface area contributed by atoms with Gasteiger partial charge in [-0.3, -0.25) is 9.59 Å². The molecule has 0 bridgehead atoms. The number of carbonyl (C=O) groups excluding carboxylic acids is 2. The number of nitrogens with zero attached hydrogens (tertiary/aromatic N) is 2. The summed E-state index contributed by atoms with van der Waals surface area (Å²) >= 11 is 0. The van der Waals surface area contributed by atoms with E-state index in [1.165, 1.54) is 95.6 Å². The van der Waals surface area contributed by atoms with Crippen LogP contribution in [-0.2, 0) is 16.0 Å². The van der Waals surface area contributed by atoms with Gasteiger partial charge in [-0.2, -0.15) is 0 Å². The number of fused-ring (bicyclic) bond motifs is 1. The second-order valence-corrected chi connectivity index (χ2v) is 15.0. The Labute approximate surface area is 296 Å². The topological polar surface area (TPSA) is 94.5 Å². The number of hydrogen-bond acceptors (Lipinski definition) is 4. The lowest BCUT2D eigenvalue weighted by atomic mass is 9.98. The van der Waals surface area contributed by atoms with E-state index < -0.39 is 11.6 Å². The highest BCUT2D eigenvalue weighted by molar-refractivity contribution is 5.92. The average molecular weight is 672 g/mol. The molecule has 1 aromatic heterocycles. The van der Waals surface area contributed by atoms with Gasteiger partial charge in [0.15, 0.2) is 0 Å². The third-order valence-corrected chi connectivity index (χ3v) is 10.3. The number of aromatic nitrogens is 1. The minimum absolute atomic E-state index is 0.0282. The van der Waals surface area contributed by atoms with Crippen LogP contribution in [0.4, 0.5) is 5.69 Å². The first-order valence-electron chi connectivity index (χ1n) is 19.5. The molecule has 0 unspecified atom stereocenters. The van der Waals surface area contributed by atoms with Crippen molar-refractivity contribution in [2.75, 3.05) is 24.5 Å². The molecule has 49 heavy (non-hydrogen) atoms. The molecule has 1 aliphatic heterocycles. The smallest absolute Gasteiger partial charge is 0.245 e. The number of nitrogens with one attached hydrogen (secondary N) is 2. The zero-order chi connectivity index (χ0) is 34.9. The van der Waals surface area contributed by atoms with Crippen molar-refractivity contribution in [2.24, 2.45) is 5.73 Å². The maximum Gasteiger partial charge on any atom is 0.245 e. The minimum atomic E-state index is -1.07. The van der Waals surface area contributed by atoms with Crippen molar-refractivity contribution < 1.29 is 9.59 Å². The maximum atomic E-state index is 14.0. The molecule has 4 rings (SSSR count). The van der Waals surface area contributed by atoms with Crippen LogP contribution in [0.1, 0.15) is 129 Å². The van der Waals surface area contributed by atoms with Crippen molar-refractivity contribution >= 4 is 28.4 Å². The predicted octanol–water partition coefficient (Wildman–Crippen LogP) is 8.91. The first-order chi connectivity index (χ1) is 23.8. The Morgan fingerprint density at radius 3 is 1.98 bits per heavy atom. The fourth-order valence-corrected chi connectivity index (χ4v) is 7.30. The highest BCUT2D eigenvalue weighted by atomic mass is 16.2. The number of rotatable bonds is 22. The van der Waals surface area contributed by atoms with Crippen molar-refractivity contribution in [1.29, 1.82) is 0 Å². The summed E-state index contributed by atoms with van der Waals surface area (Å²) in [5.41, 5.74) is 8.38. The first-order valence-corrected chi connectivity index (χ1v) is 19.5. The van der Waals surface area contributed by atoms with Gasteiger partial charge in [0.25, 0.3) is 0 Å². The lowest BCUT2D eigenvalue weighted by molar-refractivity contribution is -0.138. The van der Waals surface area contributed by atoms with E-state index in [0.717, 1.165) is 35.9 Å². The van der Waals surface area contributed by atoms with Gasteiger partial charge in [-0.1, -0.05) is 127 Å². The summed E-state index contributed by atoms with van der Waals surface area (Å²) in [6.07, 6.45) is 23.3. The van der Waals surface area contributed by atoms with E-state index in [1.807, 2.05) is 29.3 Å². The van der Waals surface area contributed by atoms with Crippen LogP contribution in [0, 0.1) is 0 Å². The van der Waals surface area contributed by atoms with Crippen LogP contribution in [0.25, 0.3) is 10.9 Å². The van der Waals surface area contributed by atoms with Gasteiger partial charge in [0, 0.05) is 54.9 Å². The van der Waals surface area contributed by atoms with Crippen LogP contribution < -0.4 is 16.0 Å². The Bertz CT molecular complexity index is 1370. The van der Waals surface area contributed by atoms with Gasteiger partial charge in [0.05, 0.1) is 5.54 Å². The van der Waals surface area contributed by atoms with E-state index in [0.29, 0.717) is 25.6 Å². The predicted molar refractivity (Wildman–Crippen MR) is 206 cm³/mol. The molecule has 7 nitrogen and oxygen atoms in total. The third kappa shape index (κ3) is 12.5. The summed E-state index contributed by atoms with van der Waals surface area (Å²) in [6.45, 7) is 8.04. The number of aromatic amines is 1. The summed E-state index contributed by atoms with van der Waals surface area (Å²) in [5, 5.41) is 4.08. The second kappa shape index (κ2) is 20.4. The SMILES string of the molecule is CCCCCCCCCCCCCCCCN(c1ccccc1)C1CCN(C(=O)[C@@H](Cc2c[nH]c3ccccc23)NC(=O)C(C)(C)N)CC1. The number of carbonyl (C=O) groups is 2. The van der Waals surface area contributed by atoms with Gasteiger partial charge in [-0.25, -0.2) is 0 Å². The average Bonchev–Trinajstić information content (AvgIpc) is 3.52. The zero-order valence-corrected chi connectivity index (χ0v) is 30.9. The molecule has 2 aromatic carbocycles. The molecule has 270 valence electrons. The molecule has 7 heteroatoms. The molecular weight excluding hydrogens is 606 g/mol. The monoisotopic (exact) mass is 672 g/mol. The number of hydrogen-bond donors (Lipinski definition) is 3. The van der Waals surface area contributed by atoms with Gasteiger partial charge in [-0.05, 0) is 56.9 Å². The van der Waals surface area contributed by atoms with Crippen molar-refractivity contribution in [2.45, 2.75) is 148 Å². The van der Waals surface area contributed by atoms with E-state index in [9.17, 15) is 9.59 Å². The van der Waals surface area contributed by atoms with Crippen LogP contribution in [0.15, 0.2) is 60.8 Å². The summed E-state index contributed by atoms with van der Waals surface area (Å²) in [5.74, 6) is -0.344. The van der Waals surface area contributed by atoms with Crippen molar-refractivity contribution in [3.05, 3.63) is 66.4 Å². The van der Waals surface area contributed by atoms with Crippen LogP contribution in [-0.4, -0.2) is 59.0 Å². The number of benzene rings is 2. The second-order valence-electron chi connectivity index (χ2n) is 15.0. The fraction of sp³-hybridized carbons (Fsp3) is 0.619. The van der Waals surface area contributed by atoms with E-state index in [-0.39, 0.29) is 11.8 Å². The molecule has 4 N–H and O–H groups in total. The highest BCUT2D eigenvalue weighted by Crippen LogP contribution is 2.26. The van der Waals surface area contributed by atoms with Crippen LogP contribution in [0.2, 0.25) is 0 Å². The molecule has 0 saturated carbocycles. The number of amides is 2. The molecule has 3 aromatic rings. The first kappa shape index (κ1) is 38.5. The van der Waals surface area contributed by atoms with E-state index in [4.69, 9.17) is 5.73 Å². The zero-order valence-electron chi connectivity index (χ0n) is 30.9. The number of H-pyrrole nitrogens is 1. The van der Waals surface area contributed by atoms with Crippen LogP contribution in [0.5, 0.6) is 0 Å². The fourth-order valence-electron chi connectivity index (χ4n) is 7.30. The van der Waals surface area contributed by atoms with Gasteiger partial charge in [0.1, 0.15) is 6.04 Å². The number of likely N-dealkylation sites (tertiary alicyclic amines) is 1. The largest absolute Gasteiger partial charge is 0.368 e. The molecule has 0 radical (unpaired) electrons. The minimum Gasteiger partial charge on any atom is -0.368 e. The van der Waals surface area contributed by atoms with Gasteiger partial charge < -0.3 is 25.8 Å². The standard InChI is InChI=1S/C42H65N5O2/c1-4-5-6-7-8-9-10-11-12-13-14-15-16-22-29-47(35-23-18-17-19-24-35)36-27-30-46(31-28-36)40(48)39(45-41(49)42(2,3)43)32-34-33-44-38-26-21-20-25-37(34)38/h17-21,23-26,33,36,39,44H,4-16,22,27-32,43H2,1-3H3,(H,45,49)/t39-/m1/s1. The summed E-state index contributed by atoms with van der Waals surface area (Å²) < 4.78 is 0. The molecule has 2 amide bonds. The van der Waals surface area contributed by atoms with E-state index >= 15 is 0 Å². The molecule has 1 saturated heterocycles. The maximum absolute atomic E-state index is 14.0. The number of para-hydroxylation sites is 2. The third-order valence-electron chi connectivity index (χ3n) is 10.3. The molecule has 1 atom stereocenters. The molecule has 1 fully saturated rings. The molecule has 2 heterocycles. The van der Waals surface area contributed by atoms with E-state index in [2.05, 4.69) is 58.5 Å². The quantitative estimate of drug-likeness (QED) is 0.0930. The highest BCUT2D eigenvalue weighted by Gasteiger charge is 2.34. The van der Waals surface area contributed by atoms with E-state index in [1.54, 1.807) is 13.8 Å². The Balaban J connectivity index is 1.25. The Hall–Kier alpha value is -3.32. The Morgan fingerprint density at radius 2 is 1.39 bits per heavy atom. The lowest BCUT2D eigenvalue weighted by Crippen LogP contribution is -2.58. The van der Waals surface area contributed by atoms with Gasteiger partial charge in [0.2, 0.25) is 11.8 Å². The Kier molecular flexibility index (Phi) is 16.0. The summed E-state index contributed by atoms with van der Waals surface area (Å²) in [6, 6.07) is 18.6. The number of anilines is 1. The van der Waals surface area contributed by atoms with Crippen molar-refractivity contribution in [1.82, 2.24) is 15.2 Å². The Morgan fingerprint density at radius 1 is 0.837 bits per heavy atom. The lowest BCUT2D eigenvalue weighted by Gasteiger charge is -2.41. The molecular formula is C42H65N5O2. The van der Waals surface area contributed by atoms with Crippen LogP contribution in [0.3, 0.4) is 0 Å².